The molecule has 0 heterocycles. The molecule has 0 radical (unpaired) electrons. The average molecular weight is 226 g/mol. The normalized spacial score (nSPS) is 11.6. The van der Waals surface area contributed by atoms with E-state index >= 15 is 0 Å². The molecule has 0 unspecified atom stereocenters. The van der Waals surface area contributed by atoms with Crippen molar-refractivity contribution >= 4 is 16.4 Å². The van der Waals surface area contributed by atoms with Crippen LogP contribution in [0, 0.1) is 0 Å². The number of hydrogen-bond donors (Lipinski definition) is 2. The average Bonchev–Trinajstić information content (AvgIpc) is 2.04. The first-order valence-electron chi connectivity index (χ1n) is 3.67. The molecule has 14 heavy (non-hydrogen) atoms. The van der Waals surface area contributed by atoms with Gasteiger partial charge in [0.15, 0.2) is 0 Å². The molecule has 0 aromatic carbocycles. The number of carboxylic acids is 1. The van der Waals surface area contributed by atoms with Crippen LogP contribution in [0.3, 0.4) is 0 Å². The van der Waals surface area contributed by atoms with Gasteiger partial charge in [-0.1, -0.05) is 13.0 Å². The number of allylic oxidation sites excluding steroid dienone is 1. The fourth-order valence-corrected chi connectivity index (χ4v) is 0.393. The fourth-order valence-electron chi connectivity index (χ4n) is 0.393. The molecule has 7 heteroatoms. The summed E-state index contributed by atoms with van der Waals surface area (Å²) in [7, 11) is -3.29. The van der Waals surface area contributed by atoms with Gasteiger partial charge in [0.05, 0.1) is 7.11 Å². The quantitative estimate of drug-likeness (QED) is 0.546. The zero-order valence-corrected chi connectivity index (χ0v) is 9.04. The highest BCUT2D eigenvalue weighted by Gasteiger charge is 1.95. The van der Waals surface area contributed by atoms with Gasteiger partial charge >= 0.3 is 16.4 Å². The number of carboxylic acid groups (broad SMARTS) is 1. The Morgan fingerprint density at radius 3 is 1.93 bits per heavy atom. The van der Waals surface area contributed by atoms with E-state index in [2.05, 4.69) is 4.18 Å². The van der Waals surface area contributed by atoms with Crippen LogP contribution in [0.4, 0.5) is 0 Å². The van der Waals surface area contributed by atoms with Crippen LogP contribution in [0.25, 0.3) is 0 Å². The Kier molecular flexibility index (Phi) is 8.31. The number of rotatable bonds is 3. The molecule has 0 aliphatic carbocycles. The van der Waals surface area contributed by atoms with Crippen molar-refractivity contribution < 1.29 is 27.1 Å². The van der Waals surface area contributed by atoms with E-state index in [1.54, 1.807) is 13.0 Å². The molecule has 0 aromatic rings. The first-order chi connectivity index (χ1) is 6.24. The smallest absolute Gasteiger partial charge is 0.397 e. The van der Waals surface area contributed by atoms with Crippen LogP contribution < -0.4 is 0 Å². The highest BCUT2D eigenvalue weighted by molar-refractivity contribution is 7.80. The van der Waals surface area contributed by atoms with E-state index in [0.717, 1.165) is 13.5 Å². The minimum atomic E-state index is -4.16. The second-order valence-corrected chi connectivity index (χ2v) is 3.38. The van der Waals surface area contributed by atoms with Gasteiger partial charge in [-0.25, -0.2) is 4.79 Å². The van der Waals surface area contributed by atoms with Gasteiger partial charge in [-0.2, -0.15) is 8.42 Å². The largest absolute Gasteiger partial charge is 0.478 e. The van der Waals surface area contributed by atoms with Crippen LogP contribution in [-0.4, -0.2) is 31.2 Å². The molecule has 0 aliphatic heterocycles. The maximum Gasteiger partial charge on any atom is 0.397 e. The third-order valence-corrected chi connectivity index (χ3v) is 1.48. The third-order valence-electron chi connectivity index (χ3n) is 1.06. The van der Waals surface area contributed by atoms with E-state index in [1.807, 2.05) is 6.92 Å². The Morgan fingerprint density at radius 1 is 1.50 bits per heavy atom. The van der Waals surface area contributed by atoms with Gasteiger partial charge in [-0.3, -0.25) is 8.74 Å². The van der Waals surface area contributed by atoms with E-state index in [0.29, 0.717) is 5.57 Å². The maximum atomic E-state index is 10.0. The summed E-state index contributed by atoms with van der Waals surface area (Å²) in [4.78, 5) is 10.0. The van der Waals surface area contributed by atoms with Crippen molar-refractivity contribution in [3.05, 3.63) is 11.6 Å². The second-order valence-electron chi connectivity index (χ2n) is 2.19. The third kappa shape index (κ3) is 13.7. The molecule has 0 bridgehead atoms. The molecule has 84 valence electrons. The van der Waals surface area contributed by atoms with Crippen LogP contribution >= 0.6 is 0 Å². The first kappa shape index (κ1) is 15.5. The molecule has 0 atom stereocenters. The molecule has 0 aliphatic rings. The second kappa shape index (κ2) is 7.48. The van der Waals surface area contributed by atoms with Crippen LogP contribution in [-0.2, 0) is 19.4 Å². The van der Waals surface area contributed by atoms with E-state index in [-0.39, 0.29) is 0 Å². The van der Waals surface area contributed by atoms with Crippen LogP contribution in [0.15, 0.2) is 11.6 Å². The lowest BCUT2D eigenvalue weighted by Crippen LogP contribution is -1.96. The van der Waals surface area contributed by atoms with E-state index in [9.17, 15) is 13.2 Å². The zero-order valence-electron chi connectivity index (χ0n) is 8.22. The number of aliphatic carboxylic acids is 1. The van der Waals surface area contributed by atoms with E-state index < -0.39 is 16.4 Å². The molecular weight excluding hydrogens is 212 g/mol. The maximum absolute atomic E-state index is 10.0. The summed E-state index contributed by atoms with van der Waals surface area (Å²) in [5.41, 5.74) is 0.424. The molecule has 6 nitrogen and oxygen atoms in total. The first-order valence-corrected chi connectivity index (χ1v) is 5.04. The number of carbonyl (C=O) groups is 1. The Labute approximate surface area is 83.2 Å². The van der Waals surface area contributed by atoms with Crippen molar-refractivity contribution in [3.8, 4) is 0 Å². The van der Waals surface area contributed by atoms with Gasteiger partial charge < -0.3 is 5.11 Å². The molecule has 0 saturated carbocycles. The van der Waals surface area contributed by atoms with Gasteiger partial charge in [-0.15, -0.1) is 0 Å². The predicted molar refractivity (Wildman–Crippen MR) is 50.2 cm³/mol. The predicted octanol–water partition coefficient (Wildman–Crippen LogP) is 0.863. The molecule has 0 fully saturated rings. The highest BCUT2D eigenvalue weighted by atomic mass is 32.3. The highest BCUT2D eigenvalue weighted by Crippen LogP contribution is 1.92. The van der Waals surface area contributed by atoms with Crippen LogP contribution in [0.1, 0.15) is 20.3 Å². The lowest BCUT2D eigenvalue weighted by atomic mass is 10.2. The SMILES string of the molecule is CCC=C(C)C(=O)O.COS(=O)(=O)O. The summed E-state index contributed by atoms with van der Waals surface area (Å²) in [5, 5.41) is 8.24. The van der Waals surface area contributed by atoms with Gasteiger partial charge in [-0.05, 0) is 13.3 Å². The topological polar surface area (TPSA) is 101 Å². The Bertz CT molecular complexity index is 289. The van der Waals surface area contributed by atoms with Crippen LogP contribution in [0.5, 0.6) is 0 Å². The van der Waals surface area contributed by atoms with Gasteiger partial charge in [0.1, 0.15) is 0 Å². The van der Waals surface area contributed by atoms with Crippen molar-refractivity contribution in [2.24, 2.45) is 0 Å². The number of hydrogen-bond acceptors (Lipinski definition) is 4. The van der Waals surface area contributed by atoms with Gasteiger partial charge in [0.25, 0.3) is 0 Å². The van der Waals surface area contributed by atoms with E-state index in [4.69, 9.17) is 9.66 Å². The van der Waals surface area contributed by atoms with Crippen molar-refractivity contribution in [2.75, 3.05) is 7.11 Å². The summed E-state index contributed by atoms with van der Waals surface area (Å²) in [6.45, 7) is 3.50. The minimum absolute atomic E-state index is 0.424. The molecule has 2 N–H and O–H groups in total. The van der Waals surface area contributed by atoms with Crippen molar-refractivity contribution in [1.82, 2.24) is 0 Å². The Morgan fingerprint density at radius 2 is 1.86 bits per heavy atom. The van der Waals surface area contributed by atoms with Crippen molar-refractivity contribution in [3.63, 3.8) is 0 Å². The summed E-state index contributed by atoms with van der Waals surface area (Å²) in [5.74, 6) is -0.827. The Balaban J connectivity index is 0. The molecule has 0 amide bonds. The van der Waals surface area contributed by atoms with Gasteiger partial charge in [0.2, 0.25) is 0 Å². The molecular formula is C7H14O6S. The van der Waals surface area contributed by atoms with Gasteiger partial charge in [0, 0.05) is 5.57 Å². The molecule has 0 rings (SSSR count). The zero-order chi connectivity index (χ0) is 11.8. The fraction of sp³-hybridized carbons (Fsp3) is 0.571. The molecule has 0 spiro atoms. The Hall–Kier alpha value is -0.920. The lowest BCUT2D eigenvalue weighted by molar-refractivity contribution is -0.132. The minimum Gasteiger partial charge on any atom is -0.478 e. The van der Waals surface area contributed by atoms with E-state index in [1.165, 1.54) is 0 Å². The summed E-state index contributed by atoms with van der Waals surface area (Å²) in [6, 6.07) is 0. The summed E-state index contributed by atoms with van der Waals surface area (Å²) >= 11 is 0. The van der Waals surface area contributed by atoms with Crippen LogP contribution in [0.2, 0.25) is 0 Å². The van der Waals surface area contributed by atoms with Crippen molar-refractivity contribution in [2.45, 2.75) is 20.3 Å². The molecule has 0 saturated heterocycles. The van der Waals surface area contributed by atoms with Crippen molar-refractivity contribution in [1.29, 1.82) is 0 Å². The summed E-state index contributed by atoms with van der Waals surface area (Å²) < 4.78 is 29.7. The lowest BCUT2D eigenvalue weighted by Gasteiger charge is -1.87. The monoisotopic (exact) mass is 226 g/mol. The summed E-state index contributed by atoms with van der Waals surface area (Å²) in [6.07, 6.45) is 2.47. The molecule has 0 aromatic heterocycles. The standard InChI is InChI=1S/C6H10O2.CH4O4S/c1-3-4-5(2)6(7)8;1-5-6(2,3)4/h4H,3H2,1-2H3,(H,7,8);1H3,(H,2,3,4).